The molecule has 0 aliphatic carbocycles. The van der Waals surface area contributed by atoms with E-state index in [1.807, 2.05) is 48.6 Å². The molecule has 4 rings (SSSR count). The lowest BCUT2D eigenvalue weighted by atomic mass is 10.0. The van der Waals surface area contributed by atoms with Crippen molar-refractivity contribution < 1.29 is 9.53 Å². The third-order valence-corrected chi connectivity index (χ3v) is 6.68. The van der Waals surface area contributed by atoms with E-state index < -0.39 is 5.91 Å². The number of nitrogens with two attached hydrogens (primary N) is 2. The van der Waals surface area contributed by atoms with Gasteiger partial charge in [-0.1, -0.05) is 43.0 Å². The van der Waals surface area contributed by atoms with Gasteiger partial charge in [-0.2, -0.15) is 0 Å². The number of rotatable bonds is 9. The number of ether oxygens (including phenoxy) is 1. The zero-order valence-electron chi connectivity index (χ0n) is 19.4. The summed E-state index contributed by atoms with van der Waals surface area (Å²) in [6.07, 6.45) is 9.07. The SMILES string of the molecule is C=C(/C=C\C=C(/N)Nc1sc(-c2ccc(-c3ccncc3)cc2)cc1C(N)=O)CN1CCOCC1. The number of carbonyl (C=O) groups excluding carboxylic acids is 1. The van der Waals surface area contributed by atoms with Gasteiger partial charge >= 0.3 is 0 Å². The van der Waals surface area contributed by atoms with Crippen molar-refractivity contribution in [3.8, 4) is 21.6 Å². The minimum Gasteiger partial charge on any atom is -0.385 e. The highest BCUT2D eigenvalue weighted by atomic mass is 32.1. The summed E-state index contributed by atoms with van der Waals surface area (Å²) in [4.78, 5) is 19.3. The number of pyridine rings is 1. The molecule has 3 aromatic rings. The Labute approximate surface area is 209 Å². The Morgan fingerprint density at radius 3 is 2.43 bits per heavy atom. The van der Waals surface area contributed by atoms with Crippen LogP contribution in [-0.2, 0) is 4.74 Å². The fourth-order valence-electron chi connectivity index (χ4n) is 3.74. The predicted molar refractivity (Wildman–Crippen MR) is 143 cm³/mol. The number of morpholine rings is 1. The summed E-state index contributed by atoms with van der Waals surface area (Å²) in [5.74, 6) is -0.102. The van der Waals surface area contributed by atoms with Crippen molar-refractivity contribution in [3.63, 3.8) is 0 Å². The third kappa shape index (κ3) is 6.66. The molecule has 3 heterocycles. The summed E-state index contributed by atoms with van der Waals surface area (Å²) in [5.41, 5.74) is 16.4. The highest BCUT2D eigenvalue weighted by Gasteiger charge is 2.15. The summed E-state index contributed by atoms with van der Waals surface area (Å²) < 4.78 is 5.37. The van der Waals surface area contributed by atoms with Gasteiger partial charge in [-0.05, 0) is 46.5 Å². The van der Waals surface area contributed by atoms with Gasteiger partial charge in [0.25, 0.3) is 5.91 Å². The first-order chi connectivity index (χ1) is 17.0. The molecule has 5 N–H and O–H groups in total. The van der Waals surface area contributed by atoms with Gasteiger partial charge in [0.15, 0.2) is 0 Å². The molecule has 1 saturated heterocycles. The van der Waals surface area contributed by atoms with Crippen molar-refractivity contribution in [2.75, 3.05) is 38.2 Å². The van der Waals surface area contributed by atoms with Crippen LogP contribution in [-0.4, -0.2) is 48.6 Å². The molecule has 0 unspecified atom stereocenters. The van der Waals surface area contributed by atoms with E-state index >= 15 is 0 Å². The summed E-state index contributed by atoms with van der Waals surface area (Å²) in [5, 5.41) is 3.73. The van der Waals surface area contributed by atoms with Crippen LogP contribution in [0.3, 0.4) is 0 Å². The predicted octanol–water partition coefficient (Wildman–Crippen LogP) is 4.23. The van der Waals surface area contributed by atoms with E-state index in [2.05, 4.69) is 21.8 Å². The average Bonchev–Trinajstić information content (AvgIpc) is 3.29. The maximum Gasteiger partial charge on any atom is 0.251 e. The van der Waals surface area contributed by atoms with E-state index in [4.69, 9.17) is 16.2 Å². The molecule has 7 nitrogen and oxygen atoms in total. The van der Waals surface area contributed by atoms with Crippen LogP contribution < -0.4 is 16.8 Å². The van der Waals surface area contributed by atoms with E-state index in [0.717, 1.165) is 60.0 Å². The van der Waals surface area contributed by atoms with Crippen molar-refractivity contribution in [2.45, 2.75) is 0 Å². The number of allylic oxidation sites excluding steroid dienone is 2. The topological polar surface area (TPSA) is 106 Å². The lowest BCUT2D eigenvalue weighted by molar-refractivity contribution is 0.0426. The fraction of sp³-hybridized carbons (Fsp3) is 0.185. The monoisotopic (exact) mass is 487 g/mol. The molecule has 8 heteroatoms. The van der Waals surface area contributed by atoms with Crippen LogP contribution in [0.2, 0.25) is 0 Å². The number of thiophene rings is 1. The van der Waals surface area contributed by atoms with E-state index in [1.54, 1.807) is 24.5 Å². The van der Waals surface area contributed by atoms with Crippen LogP contribution in [0.25, 0.3) is 21.6 Å². The molecule has 180 valence electrons. The largest absolute Gasteiger partial charge is 0.385 e. The second-order valence-electron chi connectivity index (χ2n) is 8.18. The maximum absolute atomic E-state index is 12.1. The molecule has 1 aromatic carbocycles. The zero-order valence-corrected chi connectivity index (χ0v) is 20.3. The van der Waals surface area contributed by atoms with Gasteiger partial charge < -0.3 is 21.5 Å². The molecule has 1 amide bonds. The Kier molecular flexibility index (Phi) is 8.10. The quantitative estimate of drug-likeness (QED) is 0.390. The Balaban J connectivity index is 1.43. The second kappa shape index (κ2) is 11.6. The number of primary amides is 1. The van der Waals surface area contributed by atoms with E-state index in [-0.39, 0.29) is 0 Å². The Hall–Kier alpha value is -3.72. The van der Waals surface area contributed by atoms with Gasteiger partial charge in [-0.15, -0.1) is 11.3 Å². The molecule has 1 fully saturated rings. The van der Waals surface area contributed by atoms with E-state index in [9.17, 15) is 4.79 Å². The molecule has 35 heavy (non-hydrogen) atoms. The number of carbonyl (C=O) groups is 1. The smallest absolute Gasteiger partial charge is 0.251 e. The van der Waals surface area contributed by atoms with Crippen molar-refractivity contribution in [3.05, 3.63) is 96.6 Å². The van der Waals surface area contributed by atoms with Crippen LogP contribution in [0.5, 0.6) is 0 Å². The van der Waals surface area contributed by atoms with Crippen molar-refractivity contribution in [2.24, 2.45) is 11.5 Å². The molecule has 0 atom stereocenters. The van der Waals surface area contributed by atoms with Crippen LogP contribution in [0.15, 0.2) is 91.1 Å². The van der Waals surface area contributed by atoms with Crippen LogP contribution in [0.1, 0.15) is 10.4 Å². The lowest BCUT2D eigenvalue weighted by Crippen LogP contribution is -2.37. The van der Waals surface area contributed by atoms with Crippen molar-refractivity contribution in [1.29, 1.82) is 0 Å². The first-order valence-electron chi connectivity index (χ1n) is 11.3. The summed E-state index contributed by atoms with van der Waals surface area (Å²) in [6.45, 7) is 8.24. The van der Waals surface area contributed by atoms with Crippen LogP contribution in [0.4, 0.5) is 5.00 Å². The fourth-order valence-corrected chi connectivity index (χ4v) is 4.83. The summed E-state index contributed by atoms with van der Waals surface area (Å²) in [7, 11) is 0. The van der Waals surface area contributed by atoms with Gasteiger partial charge in [0.1, 0.15) is 10.8 Å². The summed E-state index contributed by atoms with van der Waals surface area (Å²) in [6, 6.07) is 13.9. The molecule has 1 aliphatic rings. The molecular formula is C27H29N5O2S. The lowest BCUT2D eigenvalue weighted by Gasteiger charge is -2.26. The Morgan fingerprint density at radius 1 is 1.09 bits per heavy atom. The maximum atomic E-state index is 12.1. The van der Waals surface area contributed by atoms with E-state index in [0.29, 0.717) is 16.4 Å². The number of nitrogens with zero attached hydrogens (tertiary/aromatic N) is 2. The molecule has 0 radical (unpaired) electrons. The average molecular weight is 488 g/mol. The Bertz CT molecular complexity index is 1230. The molecule has 1 aliphatic heterocycles. The number of anilines is 1. The molecule has 2 aromatic heterocycles. The van der Waals surface area contributed by atoms with Crippen molar-refractivity contribution >= 4 is 22.2 Å². The Morgan fingerprint density at radius 2 is 1.74 bits per heavy atom. The molecule has 0 spiro atoms. The first-order valence-corrected chi connectivity index (χ1v) is 12.1. The third-order valence-electron chi connectivity index (χ3n) is 5.58. The van der Waals surface area contributed by atoms with E-state index in [1.165, 1.54) is 11.3 Å². The van der Waals surface area contributed by atoms with Gasteiger partial charge in [0.05, 0.1) is 18.8 Å². The summed E-state index contributed by atoms with van der Waals surface area (Å²) >= 11 is 1.43. The standard InChI is InChI=1S/C27H29N5O2S/c1-19(18-32-13-15-34-16-14-32)3-2-4-25(28)31-27-23(26(29)33)17-24(35-27)22-7-5-20(6-8-22)21-9-11-30-12-10-21/h2-12,17,31H,1,13-16,18,28H2,(H2,29,33)/b3-2-,25-4+. The minimum absolute atomic E-state index is 0.403. The number of aromatic nitrogens is 1. The first kappa shape index (κ1) is 24.4. The van der Waals surface area contributed by atoms with Gasteiger partial charge in [0.2, 0.25) is 0 Å². The second-order valence-corrected chi connectivity index (χ2v) is 9.24. The zero-order chi connectivity index (χ0) is 24.6. The molecular weight excluding hydrogens is 458 g/mol. The molecule has 0 saturated carbocycles. The minimum atomic E-state index is -0.509. The highest BCUT2D eigenvalue weighted by Crippen LogP contribution is 2.36. The van der Waals surface area contributed by atoms with Gasteiger partial charge in [0, 0.05) is 36.9 Å². The number of hydrogen-bond acceptors (Lipinski definition) is 7. The normalized spacial score (nSPS) is 14.8. The van der Waals surface area contributed by atoms with Gasteiger partial charge in [-0.3, -0.25) is 14.7 Å². The van der Waals surface area contributed by atoms with Crippen LogP contribution in [0, 0.1) is 0 Å². The van der Waals surface area contributed by atoms with Crippen LogP contribution >= 0.6 is 11.3 Å². The number of hydrogen-bond donors (Lipinski definition) is 3. The number of amides is 1. The molecule has 0 bridgehead atoms. The van der Waals surface area contributed by atoms with Crippen molar-refractivity contribution in [1.82, 2.24) is 9.88 Å². The number of benzene rings is 1. The number of nitrogens with one attached hydrogen (secondary N) is 1. The van der Waals surface area contributed by atoms with Gasteiger partial charge in [-0.25, -0.2) is 0 Å². The highest BCUT2D eigenvalue weighted by molar-refractivity contribution is 7.19.